The van der Waals surface area contributed by atoms with Gasteiger partial charge in [-0.2, -0.15) is 0 Å². The number of rotatable bonds is 3. The summed E-state index contributed by atoms with van der Waals surface area (Å²) in [7, 11) is 0. The zero-order valence-electron chi connectivity index (χ0n) is 7.33. The molecule has 5 heteroatoms. The highest BCUT2D eigenvalue weighted by molar-refractivity contribution is 5.64. The highest BCUT2D eigenvalue weighted by atomic mass is 16.7. The van der Waals surface area contributed by atoms with E-state index in [0.717, 1.165) is 0 Å². The molecule has 1 rings (SSSR count). The molecule has 0 aromatic heterocycles. The van der Waals surface area contributed by atoms with Crippen molar-refractivity contribution in [1.29, 1.82) is 0 Å². The lowest BCUT2D eigenvalue weighted by Crippen LogP contribution is -2.27. The van der Waals surface area contributed by atoms with Gasteiger partial charge < -0.3 is 20.7 Å². The van der Waals surface area contributed by atoms with Gasteiger partial charge in [-0.1, -0.05) is 30.3 Å². The molecule has 0 spiro atoms. The van der Waals surface area contributed by atoms with Crippen molar-refractivity contribution >= 4 is 6.09 Å². The van der Waals surface area contributed by atoms with E-state index in [2.05, 4.69) is 10.5 Å². The Labute approximate surface area is 80.7 Å². The van der Waals surface area contributed by atoms with Crippen LogP contribution in [0.3, 0.4) is 0 Å². The van der Waals surface area contributed by atoms with Crippen LogP contribution in [0.15, 0.2) is 30.3 Å². The normalized spacial score (nSPS) is 14.4. The van der Waals surface area contributed by atoms with Gasteiger partial charge >= 0.3 is 6.09 Å². The van der Waals surface area contributed by atoms with Crippen molar-refractivity contribution in [1.82, 2.24) is 0 Å². The second-order valence-electron chi connectivity index (χ2n) is 2.68. The Morgan fingerprint density at radius 2 is 1.86 bits per heavy atom. The zero-order valence-corrected chi connectivity index (χ0v) is 7.33. The summed E-state index contributed by atoms with van der Waals surface area (Å²) >= 11 is 0. The fourth-order valence-electron chi connectivity index (χ4n) is 0.998. The number of amides is 1. The van der Waals surface area contributed by atoms with Gasteiger partial charge in [-0.25, -0.2) is 4.79 Å². The molecule has 0 heterocycles. The lowest BCUT2D eigenvalue weighted by atomic mass is 10.1. The molecule has 0 bridgehead atoms. The summed E-state index contributed by atoms with van der Waals surface area (Å²) in [5, 5.41) is 18.6. The van der Waals surface area contributed by atoms with Gasteiger partial charge in [0.05, 0.1) is 0 Å². The summed E-state index contributed by atoms with van der Waals surface area (Å²) in [6.45, 7) is 0. The third-order valence-electron chi connectivity index (χ3n) is 1.65. The first kappa shape index (κ1) is 10.5. The molecule has 0 aliphatic rings. The van der Waals surface area contributed by atoms with Crippen molar-refractivity contribution in [2.24, 2.45) is 5.73 Å². The summed E-state index contributed by atoms with van der Waals surface area (Å²) < 4.78 is 4.21. The van der Waals surface area contributed by atoms with E-state index >= 15 is 0 Å². The van der Waals surface area contributed by atoms with Gasteiger partial charge in [0.2, 0.25) is 6.29 Å². The quantitative estimate of drug-likeness (QED) is 0.600. The van der Waals surface area contributed by atoms with E-state index < -0.39 is 18.5 Å². The maximum Gasteiger partial charge on any atom is 0.406 e. The Morgan fingerprint density at radius 3 is 2.36 bits per heavy atom. The van der Waals surface area contributed by atoms with Gasteiger partial charge in [-0.3, -0.25) is 0 Å². The molecule has 1 amide bonds. The molecule has 2 atom stereocenters. The van der Waals surface area contributed by atoms with E-state index in [1.54, 1.807) is 30.3 Å². The molecule has 1 aromatic carbocycles. The van der Waals surface area contributed by atoms with Crippen LogP contribution < -0.4 is 5.73 Å². The van der Waals surface area contributed by atoms with Crippen molar-refractivity contribution in [2.45, 2.75) is 12.4 Å². The zero-order chi connectivity index (χ0) is 10.6. The number of hydrogen-bond donors (Lipinski definition) is 3. The number of benzene rings is 1. The number of carbonyl (C=O) groups is 1. The average molecular weight is 197 g/mol. The molecule has 0 aliphatic carbocycles. The van der Waals surface area contributed by atoms with Crippen molar-refractivity contribution in [3.63, 3.8) is 0 Å². The number of aliphatic hydroxyl groups excluding tert-OH is 2. The molecule has 76 valence electrons. The van der Waals surface area contributed by atoms with Crippen LogP contribution in [-0.2, 0) is 4.74 Å². The smallest absolute Gasteiger partial charge is 0.406 e. The minimum absolute atomic E-state index is 0.446. The number of aliphatic hydroxyl groups is 2. The average Bonchev–Trinajstić information content (AvgIpc) is 2.17. The van der Waals surface area contributed by atoms with Gasteiger partial charge in [0.25, 0.3) is 0 Å². The molecule has 1 aromatic rings. The van der Waals surface area contributed by atoms with E-state index in [-0.39, 0.29) is 0 Å². The topological polar surface area (TPSA) is 92.8 Å². The Hall–Kier alpha value is -1.59. The third-order valence-corrected chi connectivity index (χ3v) is 1.65. The van der Waals surface area contributed by atoms with Crippen LogP contribution in [0.25, 0.3) is 0 Å². The van der Waals surface area contributed by atoms with Crippen LogP contribution in [0.4, 0.5) is 4.79 Å². The Kier molecular flexibility index (Phi) is 3.44. The Balaban J connectivity index is 2.65. The number of ether oxygens (including phenoxy) is 1. The lowest BCUT2D eigenvalue weighted by Gasteiger charge is -2.16. The van der Waals surface area contributed by atoms with E-state index in [4.69, 9.17) is 5.11 Å². The second kappa shape index (κ2) is 4.59. The van der Waals surface area contributed by atoms with Gasteiger partial charge in [-0.05, 0) is 5.56 Å². The summed E-state index contributed by atoms with van der Waals surface area (Å²) in [5.41, 5.74) is 5.12. The highest BCUT2D eigenvalue weighted by Crippen LogP contribution is 2.16. The van der Waals surface area contributed by atoms with Crippen molar-refractivity contribution < 1.29 is 19.7 Å². The monoisotopic (exact) mass is 197 g/mol. The molecule has 2 unspecified atom stereocenters. The van der Waals surface area contributed by atoms with Gasteiger partial charge in [-0.15, -0.1) is 0 Å². The van der Waals surface area contributed by atoms with Gasteiger partial charge in [0.1, 0.15) is 6.10 Å². The minimum Gasteiger partial charge on any atom is -0.417 e. The third kappa shape index (κ3) is 2.72. The second-order valence-corrected chi connectivity index (χ2v) is 2.68. The van der Waals surface area contributed by atoms with Crippen LogP contribution in [0.2, 0.25) is 0 Å². The first-order valence-corrected chi connectivity index (χ1v) is 3.98. The molecule has 14 heavy (non-hydrogen) atoms. The van der Waals surface area contributed by atoms with E-state index in [9.17, 15) is 9.90 Å². The van der Waals surface area contributed by atoms with Crippen LogP contribution in [0.1, 0.15) is 11.7 Å². The van der Waals surface area contributed by atoms with Crippen LogP contribution in [0, 0.1) is 0 Å². The van der Waals surface area contributed by atoms with Crippen molar-refractivity contribution in [2.75, 3.05) is 0 Å². The Morgan fingerprint density at radius 1 is 1.29 bits per heavy atom. The molecular formula is C9H11NO4. The lowest BCUT2D eigenvalue weighted by molar-refractivity contribution is -0.125. The highest BCUT2D eigenvalue weighted by Gasteiger charge is 2.20. The first-order chi connectivity index (χ1) is 6.61. The van der Waals surface area contributed by atoms with Crippen molar-refractivity contribution in [3.05, 3.63) is 35.9 Å². The van der Waals surface area contributed by atoms with Crippen molar-refractivity contribution in [3.8, 4) is 0 Å². The number of primary amides is 1. The summed E-state index contributed by atoms with van der Waals surface area (Å²) in [6, 6.07) is 8.33. The standard InChI is InChI=1S/C9H11NO4/c10-9(13)14-8(12)7(11)6-4-2-1-3-5-6/h1-5,7-8,11-12H,(H2,10,13). The van der Waals surface area contributed by atoms with Crippen LogP contribution in [-0.4, -0.2) is 22.6 Å². The van der Waals surface area contributed by atoms with E-state index in [0.29, 0.717) is 5.56 Å². The fourth-order valence-corrected chi connectivity index (χ4v) is 0.998. The minimum atomic E-state index is -1.64. The largest absolute Gasteiger partial charge is 0.417 e. The maximum atomic E-state index is 10.3. The molecule has 0 saturated carbocycles. The number of nitrogens with two attached hydrogens (primary N) is 1. The number of carbonyl (C=O) groups excluding carboxylic acids is 1. The van der Waals surface area contributed by atoms with Gasteiger partial charge in [0, 0.05) is 0 Å². The van der Waals surface area contributed by atoms with E-state index in [1.807, 2.05) is 0 Å². The summed E-state index contributed by atoms with van der Waals surface area (Å²) in [4.78, 5) is 10.3. The molecule has 0 aliphatic heterocycles. The Bertz CT molecular complexity index is 301. The molecule has 4 N–H and O–H groups in total. The molecule has 0 radical (unpaired) electrons. The molecule has 0 saturated heterocycles. The fraction of sp³-hybridized carbons (Fsp3) is 0.222. The van der Waals surface area contributed by atoms with Gasteiger partial charge in [0.15, 0.2) is 0 Å². The van der Waals surface area contributed by atoms with Crippen LogP contribution >= 0.6 is 0 Å². The SMILES string of the molecule is NC(=O)OC(O)C(O)c1ccccc1. The molecular weight excluding hydrogens is 186 g/mol. The predicted octanol–water partition coefficient (Wildman–Crippen LogP) is 0.134. The first-order valence-electron chi connectivity index (χ1n) is 3.98. The summed E-state index contributed by atoms with van der Waals surface area (Å²) in [5.74, 6) is 0. The van der Waals surface area contributed by atoms with E-state index in [1.165, 1.54) is 0 Å². The van der Waals surface area contributed by atoms with Crippen LogP contribution in [0.5, 0.6) is 0 Å². The molecule has 0 fully saturated rings. The molecule has 5 nitrogen and oxygen atoms in total. The summed E-state index contributed by atoms with van der Waals surface area (Å²) in [6.07, 6.45) is -4.06. The predicted molar refractivity (Wildman–Crippen MR) is 48.1 cm³/mol. The maximum absolute atomic E-state index is 10.3. The number of hydrogen-bond acceptors (Lipinski definition) is 4.